The fraction of sp³-hybridized carbons (Fsp3) is 0.333. The van der Waals surface area contributed by atoms with Gasteiger partial charge in [0.15, 0.2) is 0 Å². The normalized spacial score (nSPS) is 11.0. The first-order valence-corrected chi connectivity index (χ1v) is 12.5. The van der Waals surface area contributed by atoms with E-state index in [9.17, 15) is 4.39 Å². The third-order valence-electron chi connectivity index (χ3n) is 5.68. The minimum atomic E-state index is -0.315. The number of aryl methyl sites for hydroxylation is 1. The van der Waals surface area contributed by atoms with E-state index >= 15 is 0 Å². The summed E-state index contributed by atoms with van der Waals surface area (Å²) in [5.41, 5.74) is 3.35. The average molecular weight is 511 g/mol. The van der Waals surface area contributed by atoms with Crippen molar-refractivity contribution in [3.63, 3.8) is 0 Å². The Labute approximate surface area is 218 Å². The zero-order valence-electron chi connectivity index (χ0n) is 21.2. The summed E-state index contributed by atoms with van der Waals surface area (Å²) in [7, 11) is 1.62. The number of rotatable bonds is 17. The van der Waals surface area contributed by atoms with Crippen LogP contribution in [0.5, 0.6) is 23.0 Å². The summed E-state index contributed by atoms with van der Waals surface area (Å²) in [4.78, 5) is 0. The molecule has 3 rings (SSSR count). The Morgan fingerprint density at radius 2 is 1.38 bits per heavy atom. The summed E-state index contributed by atoms with van der Waals surface area (Å²) >= 11 is 0. The van der Waals surface area contributed by atoms with Crippen molar-refractivity contribution >= 4 is 0 Å². The molecule has 0 fully saturated rings. The van der Waals surface area contributed by atoms with E-state index in [1.807, 2.05) is 60.7 Å². The van der Waals surface area contributed by atoms with Gasteiger partial charge in [0, 0.05) is 0 Å². The lowest BCUT2D eigenvalue weighted by atomic mass is 9.95. The van der Waals surface area contributed by atoms with Crippen molar-refractivity contribution in [3.8, 4) is 34.1 Å². The van der Waals surface area contributed by atoms with Gasteiger partial charge in [-0.2, -0.15) is 0 Å². The number of benzene rings is 3. The lowest BCUT2D eigenvalue weighted by Crippen LogP contribution is -2.06. The molecule has 0 saturated heterocycles. The maximum absolute atomic E-state index is 12.5. The number of hydrogen-bond acceptors (Lipinski definition) is 6. The zero-order chi connectivity index (χ0) is 26.1. The van der Waals surface area contributed by atoms with Crippen LogP contribution in [0.4, 0.5) is 4.39 Å². The second kappa shape index (κ2) is 16.2. The van der Waals surface area contributed by atoms with Crippen LogP contribution in [0.1, 0.15) is 31.2 Å². The van der Waals surface area contributed by atoms with Crippen molar-refractivity contribution in [3.05, 3.63) is 84.8 Å². The van der Waals surface area contributed by atoms with Gasteiger partial charge in [-0.05, 0) is 84.5 Å². The van der Waals surface area contributed by atoms with Crippen molar-refractivity contribution in [2.24, 2.45) is 0 Å². The highest BCUT2D eigenvalue weighted by Crippen LogP contribution is 2.30. The highest BCUT2D eigenvalue weighted by molar-refractivity contribution is 5.69. The smallest absolute Gasteiger partial charge is 0.143 e. The molecule has 0 aliphatic carbocycles. The van der Waals surface area contributed by atoms with E-state index in [0.717, 1.165) is 53.9 Å². The van der Waals surface area contributed by atoms with Crippen LogP contribution in [0, 0.1) is 0 Å². The number of hydrogen-bond donors (Lipinski definition) is 1. The van der Waals surface area contributed by atoms with Gasteiger partial charge in [-0.15, -0.1) is 0 Å². The highest BCUT2D eigenvalue weighted by atomic mass is 19.1. The molecule has 6 nitrogen and oxygen atoms in total. The summed E-state index contributed by atoms with van der Waals surface area (Å²) < 4.78 is 39.5. The number of aliphatic hydroxyl groups excluding tert-OH is 1. The molecule has 0 saturated carbocycles. The molecule has 198 valence electrons. The van der Waals surface area contributed by atoms with E-state index in [-0.39, 0.29) is 13.5 Å². The molecule has 0 aliphatic rings. The fourth-order valence-electron chi connectivity index (χ4n) is 3.78. The van der Waals surface area contributed by atoms with Crippen molar-refractivity contribution in [2.45, 2.75) is 32.1 Å². The molecule has 0 heterocycles. The largest absolute Gasteiger partial charge is 0.497 e. The minimum Gasteiger partial charge on any atom is -0.497 e. The Balaban J connectivity index is 1.65. The van der Waals surface area contributed by atoms with Crippen LogP contribution >= 0.6 is 0 Å². The SMILES string of the molecule is COc1ccc(O/C=C\Oc2ccc(-c3ccc(OCCOCO)cc3)c(CCCCCCF)c2)cc1. The molecule has 0 spiro atoms. The lowest BCUT2D eigenvalue weighted by Gasteiger charge is -2.13. The summed E-state index contributed by atoms with van der Waals surface area (Å²) in [6.07, 6.45) is 7.32. The third-order valence-corrected chi connectivity index (χ3v) is 5.68. The predicted molar refractivity (Wildman–Crippen MR) is 142 cm³/mol. The first-order valence-electron chi connectivity index (χ1n) is 12.5. The zero-order valence-corrected chi connectivity index (χ0v) is 21.2. The van der Waals surface area contributed by atoms with Crippen LogP contribution in [-0.2, 0) is 11.2 Å². The molecular weight excluding hydrogens is 475 g/mol. The maximum Gasteiger partial charge on any atom is 0.143 e. The van der Waals surface area contributed by atoms with Gasteiger partial charge in [0.25, 0.3) is 0 Å². The van der Waals surface area contributed by atoms with Crippen LogP contribution in [0.15, 0.2) is 79.3 Å². The minimum absolute atomic E-state index is 0.264. The first kappa shape index (κ1) is 28.0. The number of halogens is 1. The van der Waals surface area contributed by atoms with Crippen LogP contribution in [0.2, 0.25) is 0 Å². The Morgan fingerprint density at radius 1 is 0.730 bits per heavy atom. The summed E-state index contributed by atoms with van der Waals surface area (Å²) in [6, 6.07) is 21.2. The van der Waals surface area contributed by atoms with Gasteiger partial charge in [-0.25, -0.2) is 0 Å². The van der Waals surface area contributed by atoms with E-state index in [0.29, 0.717) is 31.1 Å². The van der Waals surface area contributed by atoms with Crippen molar-refractivity contribution in [1.82, 2.24) is 0 Å². The molecule has 0 bridgehead atoms. The summed E-state index contributed by atoms with van der Waals surface area (Å²) in [5.74, 6) is 2.89. The van der Waals surface area contributed by atoms with Crippen molar-refractivity contribution in [2.75, 3.05) is 33.8 Å². The molecule has 3 aromatic carbocycles. The van der Waals surface area contributed by atoms with E-state index in [1.54, 1.807) is 7.11 Å². The molecule has 37 heavy (non-hydrogen) atoms. The number of alkyl halides is 1. The molecule has 1 N–H and O–H groups in total. The molecule has 0 unspecified atom stereocenters. The van der Waals surface area contributed by atoms with Gasteiger partial charge in [-0.1, -0.05) is 31.0 Å². The molecule has 0 aliphatic heterocycles. The van der Waals surface area contributed by atoms with E-state index < -0.39 is 0 Å². The van der Waals surface area contributed by atoms with E-state index in [2.05, 4.69) is 6.07 Å². The standard InChI is InChI=1S/C30H35FO6/c1-33-26-11-13-28(14-12-26)36-20-21-37-29-15-16-30(25(22-29)6-4-2-3-5-17-31)24-7-9-27(10-8-24)35-19-18-34-23-32/h7-16,20-22,32H,2-6,17-19,23H2,1H3/b21-20-. The van der Waals surface area contributed by atoms with Crippen LogP contribution in [-0.4, -0.2) is 38.9 Å². The number of ether oxygens (including phenoxy) is 5. The molecule has 0 amide bonds. The number of aliphatic hydroxyl groups is 1. The third kappa shape index (κ3) is 9.79. The van der Waals surface area contributed by atoms with Crippen LogP contribution < -0.4 is 18.9 Å². The van der Waals surface area contributed by atoms with Gasteiger partial charge < -0.3 is 28.8 Å². The molecule has 3 aromatic rings. The van der Waals surface area contributed by atoms with Crippen LogP contribution in [0.25, 0.3) is 11.1 Å². The first-order chi connectivity index (χ1) is 18.2. The maximum atomic E-state index is 12.5. The second-order valence-corrected chi connectivity index (χ2v) is 8.27. The number of methoxy groups -OCH3 is 1. The Morgan fingerprint density at radius 3 is 2.08 bits per heavy atom. The topological polar surface area (TPSA) is 66.4 Å². The lowest BCUT2D eigenvalue weighted by molar-refractivity contribution is -0.0126. The summed E-state index contributed by atoms with van der Waals surface area (Å²) in [5, 5.41) is 8.68. The average Bonchev–Trinajstić information content (AvgIpc) is 2.94. The Hall–Kier alpha value is -3.55. The molecule has 7 heteroatoms. The van der Waals surface area contributed by atoms with Gasteiger partial charge >= 0.3 is 0 Å². The number of unbranched alkanes of at least 4 members (excludes halogenated alkanes) is 3. The van der Waals surface area contributed by atoms with E-state index in [1.165, 1.54) is 12.5 Å². The van der Waals surface area contributed by atoms with E-state index in [4.69, 9.17) is 28.8 Å². The molecule has 0 radical (unpaired) electrons. The van der Waals surface area contributed by atoms with Gasteiger partial charge in [-0.3, -0.25) is 4.39 Å². The molecule has 0 atom stereocenters. The van der Waals surface area contributed by atoms with Gasteiger partial charge in [0.2, 0.25) is 0 Å². The quantitative estimate of drug-likeness (QED) is 0.124. The summed E-state index contributed by atoms with van der Waals surface area (Å²) in [6.45, 7) is 0.113. The van der Waals surface area contributed by atoms with Crippen LogP contribution in [0.3, 0.4) is 0 Å². The van der Waals surface area contributed by atoms with Crippen molar-refractivity contribution < 1.29 is 33.2 Å². The predicted octanol–water partition coefficient (Wildman–Crippen LogP) is 6.71. The Kier molecular flexibility index (Phi) is 12.3. The molecule has 0 aromatic heterocycles. The second-order valence-electron chi connectivity index (χ2n) is 8.27. The monoisotopic (exact) mass is 510 g/mol. The van der Waals surface area contributed by atoms with Gasteiger partial charge in [0.1, 0.15) is 48.9 Å². The molecular formula is C30H35FO6. The van der Waals surface area contributed by atoms with Gasteiger partial charge in [0.05, 0.1) is 20.4 Å². The fourth-order valence-corrected chi connectivity index (χ4v) is 3.78. The van der Waals surface area contributed by atoms with Crippen molar-refractivity contribution in [1.29, 1.82) is 0 Å². The highest BCUT2D eigenvalue weighted by Gasteiger charge is 2.08. The Bertz CT molecular complexity index is 1070.